The Balaban J connectivity index is 3.21. The van der Waals surface area contributed by atoms with E-state index in [1.165, 1.54) is 25.1 Å². The molecule has 0 radical (unpaired) electrons. The molecule has 7 heteroatoms. The van der Waals surface area contributed by atoms with Crippen molar-refractivity contribution in [2.45, 2.75) is 20.3 Å². The molecule has 0 bridgehead atoms. The van der Waals surface area contributed by atoms with Crippen LogP contribution >= 0.6 is 23.2 Å². The second-order valence-electron chi connectivity index (χ2n) is 4.35. The molecule has 1 aromatic rings. The Kier molecular flexibility index (Phi) is 6.59. The van der Waals surface area contributed by atoms with Gasteiger partial charge < -0.3 is 9.84 Å². The van der Waals surface area contributed by atoms with Crippen LogP contribution in [0.5, 0.6) is 5.75 Å². The Morgan fingerprint density at radius 3 is 2.36 bits per heavy atom. The molecule has 0 fully saturated rings. The van der Waals surface area contributed by atoms with Gasteiger partial charge in [0.05, 0.1) is 10.6 Å². The van der Waals surface area contributed by atoms with E-state index in [4.69, 9.17) is 33.0 Å². The quantitative estimate of drug-likeness (QED) is 0.465. The average Bonchev–Trinajstić information content (AvgIpc) is 2.46. The van der Waals surface area contributed by atoms with Crippen molar-refractivity contribution in [3.8, 4) is 5.75 Å². The normalized spacial score (nSPS) is 11.2. The van der Waals surface area contributed by atoms with Gasteiger partial charge in [0.1, 0.15) is 10.8 Å². The van der Waals surface area contributed by atoms with Crippen LogP contribution in [0.4, 0.5) is 0 Å². The highest BCUT2D eigenvalue weighted by atomic mass is 35.5. The summed E-state index contributed by atoms with van der Waals surface area (Å²) in [5, 5.41) is 8.67. The van der Waals surface area contributed by atoms with Crippen molar-refractivity contribution in [1.29, 1.82) is 0 Å². The highest BCUT2D eigenvalue weighted by Gasteiger charge is 2.16. The molecule has 5 nitrogen and oxygen atoms in total. The van der Waals surface area contributed by atoms with Gasteiger partial charge in [-0.25, -0.2) is 4.79 Å². The fraction of sp³-hybridized carbons (Fsp3) is 0.267. The van der Waals surface area contributed by atoms with Crippen molar-refractivity contribution in [2.75, 3.05) is 6.61 Å². The van der Waals surface area contributed by atoms with Gasteiger partial charge in [-0.05, 0) is 30.7 Å². The number of hydrogen-bond acceptors (Lipinski definition) is 4. The molecule has 0 aliphatic carbocycles. The standard InChI is InChI=1S/C15H14Cl2O5/c1-3-11(19)10(8(2)18)6-9-4-5-12(15(17)14(9)16)22-7-13(20)21/h4-6H,3,7H2,1-2H3,(H,20,21). The number of carbonyl (C=O) groups is 3. The maximum atomic E-state index is 11.7. The van der Waals surface area contributed by atoms with Crippen molar-refractivity contribution >= 4 is 46.8 Å². The first kappa shape index (κ1) is 18.2. The fourth-order valence-corrected chi connectivity index (χ4v) is 2.07. The van der Waals surface area contributed by atoms with Gasteiger partial charge in [0.15, 0.2) is 18.2 Å². The third kappa shape index (κ3) is 4.58. The van der Waals surface area contributed by atoms with Gasteiger partial charge in [-0.3, -0.25) is 9.59 Å². The predicted octanol–water partition coefficient (Wildman–Crippen LogP) is 3.41. The summed E-state index contributed by atoms with van der Waals surface area (Å²) in [6.07, 6.45) is 1.56. The first-order valence-corrected chi connectivity index (χ1v) is 7.11. The zero-order valence-electron chi connectivity index (χ0n) is 12.0. The van der Waals surface area contributed by atoms with Crippen LogP contribution in [0.15, 0.2) is 17.7 Å². The number of carbonyl (C=O) groups excluding carboxylic acids is 2. The molecule has 22 heavy (non-hydrogen) atoms. The Labute approximate surface area is 137 Å². The molecular weight excluding hydrogens is 331 g/mol. The third-order valence-corrected chi connectivity index (χ3v) is 3.61. The first-order valence-electron chi connectivity index (χ1n) is 6.36. The molecular formula is C15H14Cl2O5. The van der Waals surface area contributed by atoms with Gasteiger partial charge in [0.2, 0.25) is 0 Å². The highest BCUT2D eigenvalue weighted by Crippen LogP contribution is 2.35. The number of ether oxygens (including phenoxy) is 1. The van der Waals surface area contributed by atoms with Crippen LogP contribution in [0.2, 0.25) is 10.0 Å². The van der Waals surface area contributed by atoms with Gasteiger partial charge >= 0.3 is 5.97 Å². The molecule has 0 unspecified atom stereocenters. The molecule has 0 atom stereocenters. The fourth-order valence-electron chi connectivity index (χ4n) is 1.63. The Bertz CT molecular complexity index is 650. The van der Waals surface area contributed by atoms with E-state index in [1.807, 2.05) is 0 Å². The lowest BCUT2D eigenvalue weighted by molar-refractivity contribution is -0.139. The van der Waals surface area contributed by atoms with Crippen LogP contribution in [0, 0.1) is 0 Å². The van der Waals surface area contributed by atoms with Crippen molar-refractivity contribution in [2.24, 2.45) is 0 Å². The molecule has 0 aromatic heterocycles. The second-order valence-corrected chi connectivity index (χ2v) is 5.11. The first-order chi connectivity index (χ1) is 10.3. The third-order valence-electron chi connectivity index (χ3n) is 2.73. The topological polar surface area (TPSA) is 80.7 Å². The molecule has 0 amide bonds. The lowest BCUT2D eigenvalue weighted by Gasteiger charge is -2.09. The number of rotatable bonds is 7. The minimum Gasteiger partial charge on any atom is -0.480 e. The predicted molar refractivity (Wildman–Crippen MR) is 83.5 cm³/mol. The smallest absolute Gasteiger partial charge is 0.341 e. The van der Waals surface area contributed by atoms with Crippen LogP contribution in [0.3, 0.4) is 0 Å². The number of ketones is 2. The van der Waals surface area contributed by atoms with E-state index in [1.54, 1.807) is 6.92 Å². The molecule has 0 heterocycles. The van der Waals surface area contributed by atoms with E-state index in [0.717, 1.165) is 0 Å². The second kappa shape index (κ2) is 7.96. The lowest BCUT2D eigenvalue weighted by atomic mass is 10.0. The number of benzene rings is 1. The summed E-state index contributed by atoms with van der Waals surface area (Å²) >= 11 is 12.1. The van der Waals surface area contributed by atoms with E-state index in [-0.39, 0.29) is 39.4 Å². The molecule has 118 valence electrons. The average molecular weight is 345 g/mol. The molecule has 0 aliphatic heterocycles. The number of Topliss-reactive ketones (excluding diaryl/α,β-unsaturated/α-hetero) is 2. The maximum absolute atomic E-state index is 11.7. The van der Waals surface area contributed by atoms with Gasteiger partial charge in [0, 0.05) is 6.42 Å². The highest BCUT2D eigenvalue weighted by molar-refractivity contribution is 6.44. The number of carboxylic acid groups (broad SMARTS) is 1. The van der Waals surface area contributed by atoms with Crippen molar-refractivity contribution in [3.63, 3.8) is 0 Å². The summed E-state index contributed by atoms with van der Waals surface area (Å²) in [5.74, 6) is -1.71. The summed E-state index contributed by atoms with van der Waals surface area (Å²) in [7, 11) is 0. The Hall–Kier alpha value is -1.85. The van der Waals surface area contributed by atoms with E-state index >= 15 is 0 Å². The van der Waals surface area contributed by atoms with Crippen LogP contribution in [0.1, 0.15) is 25.8 Å². The van der Waals surface area contributed by atoms with Gasteiger partial charge in [-0.1, -0.05) is 30.1 Å². The molecule has 1 rings (SSSR count). The summed E-state index contributed by atoms with van der Waals surface area (Å²) in [5.41, 5.74) is 0.404. The van der Waals surface area contributed by atoms with Crippen LogP contribution in [-0.4, -0.2) is 29.2 Å². The van der Waals surface area contributed by atoms with Crippen LogP contribution < -0.4 is 4.74 Å². The van der Waals surface area contributed by atoms with Gasteiger partial charge in [0.25, 0.3) is 0 Å². The molecule has 1 N–H and O–H groups in total. The van der Waals surface area contributed by atoms with Gasteiger partial charge in [-0.2, -0.15) is 0 Å². The van der Waals surface area contributed by atoms with E-state index in [9.17, 15) is 14.4 Å². The van der Waals surface area contributed by atoms with Crippen LogP contribution in [-0.2, 0) is 14.4 Å². The minimum atomic E-state index is -1.15. The zero-order valence-corrected chi connectivity index (χ0v) is 13.5. The summed E-state index contributed by atoms with van der Waals surface area (Å²) < 4.78 is 4.98. The number of carboxylic acids is 1. The van der Waals surface area contributed by atoms with Crippen molar-refractivity contribution < 1.29 is 24.2 Å². The molecule has 0 saturated heterocycles. The molecule has 1 aromatic carbocycles. The van der Waals surface area contributed by atoms with Crippen molar-refractivity contribution in [3.05, 3.63) is 33.3 Å². The van der Waals surface area contributed by atoms with Crippen LogP contribution in [0.25, 0.3) is 6.08 Å². The van der Waals surface area contributed by atoms with Gasteiger partial charge in [-0.15, -0.1) is 0 Å². The SMILES string of the molecule is CCC(=O)C(=Cc1ccc(OCC(=O)O)c(Cl)c1Cl)C(C)=O. The minimum absolute atomic E-state index is 0.0171. The lowest BCUT2D eigenvalue weighted by Crippen LogP contribution is -2.10. The van der Waals surface area contributed by atoms with E-state index < -0.39 is 12.6 Å². The number of hydrogen-bond donors (Lipinski definition) is 1. The largest absolute Gasteiger partial charge is 0.480 e. The Morgan fingerprint density at radius 2 is 1.86 bits per heavy atom. The zero-order chi connectivity index (χ0) is 16.9. The van der Waals surface area contributed by atoms with Crippen molar-refractivity contribution in [1.82, 2.24) is 0 Å². The maximum Gasteiger partial charge on any atom is 0.341 e. The molecule has 0 spiro atoms. The molecule has 0 saturated carbocycles. The Morgan fingerprint density at radius 1 is 1.23 bits per heavy atom. The monoisotopic (exact) mass is 344 g/mol. The summed E-state index contributed by atoms with van der Waals surface area (Å²) in [4.78, 5) is 33.8. The number of aliphatic carboxylic acids is 1. The summed E-state index contributed by atoms with van der Waals surface area (Å²) in [6, 6.07) is 2.93. The molecule has 0 aliphatic rings. The van der Waals surface area contributed by atoms with E-state index in [0.29, 0.717) is 5.56 Å². The van der Waals surface area contributed by atoms with E-state index in [2.05, 4.69) is 0 Å². The number of allylic oxidation sites excluding steroid dienone is 1. The number of halogens is 2. The summed E-state index contributed by atoms with van der Waals surface area (Å²) in [6.45, 7) is 2.38.